The summed E-state index contributed by atoms with van der Waals surface area (Å²) in [5, 5.41) is 12.6. The van der Waals surface area contributed by atoms with Crippen molar-refractivity contribution in [2.24, 2.45) is 0 Å². The minimum Gasteiger partial charge on any atom is -0.507 e. The Balaban J connectivity index is 1.55. The molecule has 25 heavy (non-hydrogen) atoms. The van der Waals surface area contributed by atoms with Crippen molar-refractivity contribution in [2.45, 2.75) is 18.9 Å². The molecular formula is C19H19FN2O3. The van der Waals surface area contributed by atoms with Gasteiger partial charge in [0.2, 0.25) is 0 Å². The molecule has 3 rings (SSSR count). The van der Waals surface area contributed by atoms with Crippen molar-refractivity contribution in [3.8, 4) is 5.75 Å². The zero-order chi connectivity index (χ0) is 17.8. The van der Waals surface area contributed by atoms with E-state index >= 15 is 0 Å². The number of carbonyl (C=O) groups excluding carboxylic acids is 2. The largest absolute Gasteiger partial charge is 0.507 e. The number of carbonyl (C=O) groups is 2. The number of halogens is 1. The van der Waals surface area contributed by atoms with Gasteiger partial charge in [-0.15, -0.1) is 0 Å². The molecule has 0 atom stereocenters. The Labute approximate surface area is 145 Å². The molecule has 2 aromatic carbocycles. The number of rotatable bonds is 3. The summed E-state index contributed by atoms with van der Waals surface area (Å²) in [6, 6.07) is 11.8. The van der Waals surface area contributed by atoms with Gasteiger partial charge in [-0.3, -0.25) is 9.59 Å². The van der Waals surface area contributed by atoms with Crippen LogP contribution in [0.15, 0.2) is 48.5 Å². The maximum Gasteiger partial charge on any atom is 0.255 e. The second-order valence-electron chi connectivity index (χ2n) is 6.06. The van der Waals surface area contributed by atoms with Crippen LogP contribution in [-0.4, -0.2) is 41.0 Å². The van der Waals surface area contributed by atoms with Crippen molar-refractivity contribution >= 4 is 11.8 Å². The predicted octanol–water partition coefficient (Wildman–Crippen LogP) is 2.57. The van der Waals surface area contributed by atoms with Gasteiger partial charge in [-0.05, 0) is 49.2 Å². The molecule has 0 radical (unpaired) electrons. The number of para-hydroxylation sites is 1. The van der Waals surface area contributed by atoms with Gasteiger partial charge >= 0.3 is 0 Å². The molecule has 5 nitrogen and oxygen atoms in total. The van der Waals surface area contributed by atoms with E-state index < -0.39 is 0 Å². The van der Waals surface area contributed by atoms with Crippen molar-refractivity contribution in [3.05, 3.63) is 65.5 Å². The topological polar surface area (TPSA) is 69.6 Å². The van der Waals surface area contributed by atoms with E-state index in [1.807, 2.05) is 0 Å². The van der Waals surface area contributed by atoms with Crippen molar-refractivity contribution in [2.75, 3.05) is 13.1 Å². The Kier molecular flexibility index (Phi) is 4.97. The van der Waals surface area contributed by atoms with Crippen LogP contribution in [0, 0.1) is 5.82 Å². The van der Waals surface area contributed by atoms with E-state index in [1.54, 1.807) is 23.1 Å². The molecule has 1 heterocycles. The molecule has 2 aromatic rings. The maximum absolute atomic E-state index is 13.0. The summed E-state index contributed by atoms with van der Waals surface area (Å²) in [7, 11) is 0. The lowest BCUT2D eigenvalue weighted by Crippen LogP contribution is -2.46. The zero-order valence-corrected chi connectivity index (χ0v) is 13.6. The van der Waals surface area contributed by atoms with E-state index in [9.17, 15) is 19.1 Å². The first-order valence-electron chi connectivity index (χ1n) is 8.18. The van der Waals surface area contributed by atoms with Gasteiger partial charge in [-0.1, -0.05) is 12.1 Å². The molecule has 0 aliphatic carbocycles. The number of amides is 2. The van der Waals surface area contributed by atoms with E-state index in [-0.39, 0.29) is 35.0 Å². The van der Waals surface area contributed by atoms with Crippen LogP contribution in [0.5, 0.6) is 5.75 Å². The summed E-state index contributed by atoms with van der Waals surface area (Å²) in [5.74, 6) is -0.877. The minimum atomic E-state index is -0.373. The summed E-state index contributed by atoms with van der Waals surface area (Å²) in [5.41, 5.74) is 0.699. The fraction of sp³-hybridized carbons (Fsp3) is 0.263. The van der Waals surface area contributed by atoms with Crippen LogP contribution in [0.2, 0.25) is 0 Å². The van der Waals surface area contributed by atoms with Crippen LogP contribution in [-0.2, 0) is 0 Å². The number of benzene rings is 2. The summed E-state index contributed by atoms with van der Waals surface area (Å²) < 4.78 is 13.0. The van der Waals surface area contributed by atoms with Gasteiger partial charge in [-0.2, -0.15) is 0 Å². The number of aromatic hydroxyl groups is 1. The van der Waals surface area contributed by atoms with E-state index in [4.69, 9.17) is 0 Å². The second kappa shape index (κ2) is 7.34. The van der Waals surface area contributed by atoms with Gasteiger partial charge in [0, 0.05) is 24.7 Å². The minimum absolute atomic E-state index is 0.0515. The Morgan fingerprint density at radius 1 is 1.04 bits per heavy atom. The smallest absolute Gasteiger partial charge is 0.255 e. The standard InChI is InChI=1S/C19H19FN2O3/c20-14-7-5-13(6-8-14)19(25)22-11-9-15(10-12-22)21-18(24)16-3-1-2-4-17(16)23/h1-8,15,23H,9-12H2,(H,21,24). The first kappa shape index (κ1) is 17.0. The quantitative estimate of drug-likeness (QED) is 0.901. The third-order valence-electron chi connectivity index (χ3n) is 4.36. The van der Waals surface area contributed by atoms with Crippen LogP contribution < -0.4 is 5.32 Å². The zero-order valence-electron chi connectivity index (χ0n) is 13.6. The first-order chi connectivity index (χ1) is 12.0. The highest BCUT2D eigenvalue weighted by atomic mass is 19.1. The average molecular weight is 342 g/mol. The van der Waals surface area contributed by atoms with E-state index in [1.165, 1.54) is 30.3 Å². The molecule has 1 aliphatic rings. The number of nitrogens with zero attached hydrogens (tertiary/aromatic N) is 1. The Morgan fingerprint density at radius 2 is 1.68 bits per heavy atom. The second-order valence-corrected chi connectivity index (χ2v) is 6.06. The SMILES string of the molecule is O=C(NC1CCN(C(=O)c2ccc(F)cc2)CC1)c1ccccc1O. The lowest BCUT2D eigenvalue weighted by atomic mass is 10.0. The summed E-state index contributed by atoms with van der Waals surface area (Å²) in [6.45, 7) is 1.03. The van der Waals surface area contributed by atoms with E-state index in [0.29, 0.717) is 31.5 Å². The third kappa shape index (κ3) is 3.96. The molecule has 2 amide bonds. The first-order valence-corrected chi connectivity index (χ1v) is 8.18. The molecular weight excluding hydrogens is 323 g/mol. The molecule has 0 spiro atoms. The monoisotopic (exact) mass is 342 g/mol. The summed E-state index contributed by atoms with van der Waals surface area (Å²) in [6.07, 6.45) is 1.26. The summed E-state index contributed by atoms with van der Waals surface area (Å²) in [4.78, 5) is 26.3. The highest BCUT2D eigenvalue weighted by Crippen LogP contribution is 2.18. The van der Waals surface area contributed by atoms with Crippen LogP contribution in [0.3, 0.4) is 0 Å². The number of phenolic OH excluding ortho intramolecular Hbond substituents is 1. The summed E-state index contributed by atoms with van der Waals surface area (Å²) >= 11 is 0. The van der Waals surface area contributed by atoms with Gasteiger partial charge < -0.3 is 15.3 Å². The molecule has 1 saturated heterocycles. The van der Waals surface area contributed by atoms with Crippen molar-refractivity contribution < 1.29 is 19.1 Å². The molecule has 0 saturated carbocycles. The van der Waals surface area contributed by atoms with Gasteiger partial charge in [0.05, 0.1) is 5.56 Å². The number of nitrogens with one attached hydrogen (secondary N) is 1. The fourth-order valence-electron chi connectivity index (χ4n) is 2.93. The number of likely N-dealkylation sites (tertiary alicyclic amines) is 1. The molecule has 2 N–H and O–H groups in total. The van der Waals surface area contributed by atoms with Crippen molar-refractivity contribution in [1.29, 1.82) is 0 Å². The van der Waals surface area contributed by atoms with Crippen LogP contribution >= 0.6 is 0 Å². The maximum atomic E-state index is 13.0. The van der Waals surface area contributed by atoms with Crippen LogP contribution in [0.4, 0.5) is 4.39 Å². The highest BCUT2D eigenvalue weighted by Gasteiger charge is 2.25. The van der Waals surface area contributed by atoms with Crippen molar-refractivity contribution in [1.82, 2.24) is 10.2 Å². The number of hydrogen-bond donors (Lipinski definition) is 2. The van der Waals surface area contributed by atoms with Crippen molar-refractivity contribution in [3.63, 3.8) is 0 Å². The molecule has 0 bridgehead atoms. The lowest BCUT2D eigenvalue weighted by Gasteiger charge is -2.32. The van der Waals surface area contributed by atoms with E-state index in [2.05, 4.69) is 5.32 Å². The molecule has 1 aliphatic heterocycles. The van der Waals surface area contributed by atoms with Crippen LogP contribution in [0.25, 0.3) is 0 Å². The van der Waals surface area contributed by atoms with Gasteiger partial charge in [0.1, 0.15) is 11.6 Å². The highest BCUT2D eigenvalue weighted by molar-refractivity contribution is 5.97. The Bertz CT molecular complexity index is 768. The number of piperidine rings is 1. The lowest BCUT2D eigenvalue weighted by molar-refractivity contribution is 0.0698. The molecule has 6 heteroatoms. The molecule has 130 valence electrons. The normalized spacial score (nSPS) is 15.0. The number of hydrogen-bond acceptors (Lipinski definition) is 3. The number of phenols is 1. The predicted molar refractivity (Wildman–Crippen MR) is 90.9 cm³/mol. The average Bonchev–Trinajstić information content (AvgIpc) is 2.63. The van der Waals surface area contributed by atoms with E-state index in [0.717, 1.165) is 0 Å². The van der Waals surface area contributed by atoms with Crippen LogP contribution in [0.1, 0.15) is 33.6 Å². The molecule has 1 fully saturated rings. The van der Waals surface area contributed by atoms with Gasteiger partial charge in [0.25, 0.3) is 11.8 Å². The molecule has 0 unspecified atom stereocenters. The Morgan fingerprint density at radius 3 is 2.32 bits per heavy atom. The Hall–Kier alpha value is -2.89. The van der Waals surface area contributed by atoms with Gasteiger partial charge in [0.15, 0.2) is 0 Å². The molecule has 0 aromatic heterocycles. The third-order valence-corrected chi connectivity index (χ3v) is 4.36. The van der Waals surface area contributed by atoms with Gasteiger partial charge in [-0.25, -0.2) is 4.39 Å². The fourth-order valence-corrected chi connectivity index (χ4v) is 2.93.